The van der Waals surface area contributed by atoms with Crippen LogP contribution in [0.25, 0.3) is 0 Å². The Morgan fingerprint density at radius 3 is 0.755 bits per heavy atom. The zero-order valence-electron chi connectivity index (χ0n) is 61.1. The Bertz CT molecular complexity index is 1810. The Morgan fingerprint density at radius 2 is 0.511 bits per heavy atom. The quantitative estimate of drug-likeness (QED) is 0.0222. The Balaban J connectivity index is 5.17. The Morgan fingerprint density at radius 1 is 0.298 bits per heavy atom. The molecular formula is C75H146O17P2. The maximum absolute atomic E-state index is 13.1. The van der Waals surface area contributed by atoms with Gasteiger partial charge in [0.15, 0.2) is 12.2 Å². The van der Waals surface area contributed by atoms with Crippen LogP contribution in [0.3, 0.4) is 0 Å². The number of hydrogen-bond donors (Lipinski definition) is 3. The largest absolute Gasteiger partial charge is 0.472 e. The first kappa shape index (κ1) is 92.1. The maximum atomic E-state index is 13.1. The van der Waals surface area contributed by atoms with E-state index in [4.69, 9.17) is 37.0 Å². The summed E-state index contributed by atoms with van der Waals surface area (Å²) in [6, 6.07) is 0. The summed E-state index contributed by atoms with van der Waals surface area (Å²) in [4.78, 5) is 72.6. The van der Waals surface area contributed by atoms with Crippen LogP contribution in [-0.4, -0.2) is 96.7 Å². The number of ether oxygens (including phenoxy) is 4. The summed E-state index contributed by atoms with van der Waals surface area (Å²) in [7, 11) is -9.90. The summed E-state index contributed by atoms with van der Waals surface area (Å²) in [5.74, 6) is -1.27. The SMILES string of the molecule is CCCCCCCCCCCCCCCCCCCCCC(=O)O[C@H](COC(=O)CCCCCCCCCCCCCCCCC(C)CC)COP(=O)(O)OC[C@@H](O)COP(=O)(O)OC[C@@H](COC(=O)CCCCCCCCC)OC(=O)CCCCCCCCCCCC. The summed E-state index contributed by atoms with van der Waals surface area (Å²) in [6.45, 7) is 7.29. The predicted molar refractivity (Wildman–Crippen MR) is 382 cm³/mol. The number of carbonyl (C=O) groups excluding carboxylic acids is 4. The minimum absolute atomic E-state index is 0.106. The van der Waals surface area contributed by atoms with Gasteiger partial charge in [0, 0.05) is 25.7 Å². The Kier molecular flexibility index (Phi) is 66.8. The number of esters is 4. The van der Waals surface area contributed by atoms with Crippen LogP contribution in [0, 0.1) is 5.92 Å². The zero-order chi connectivity index (χ0) is 69.1. The summed E-state index contributed by atoms with van der Waals surface area (Å²) in [5.41, 5.74) is 0. The molecule has 0 saturated carbocycles. The van der Waals surface area contributed by atoms with Crippen LogP contribution in [0.5, 0.6) is 0 Å². The molecule has 17 nitrogen and oxygen atoms in total. The molecule has 0 fully saturated rings. The van der Waals surface area contributed by atoms with Crippen LogP contribution in [0.15, 0.2) is 0 Å². The molecule has 3 unspecified atom stereocenters. The number of aliphatic hydroxyl groups excluding tert-OH is 1. The van der Waals surface area contributed by atoms with E-state index in [0.29, 0.717) is 25.7 Å². The van der Waals surface area contributed by atoms with Gasteiger partial charge in [0.1, 0.15) is 19.3 Å². The predicted octanol–water partition coefficient (Wildman–Crippen LogP) is 22.1. The van der Waals surface area contributed by atoms with Gasteiger partial charge in [-0.15, -0.1) is 0 Å². The molecule has 0 amide bonds. The third-order valence-corrected chi connectivity index (χ3v) is 19.8. The molecule has 0 aromatic rings. The van der Waals surface area contributed by atoms with Crippen molar-refractivity contribution >= 4 is 39.5 Å². The fourth-order valence-electron chi connectivity index (χ4n) is 11.5. The summed E-state index contributed by atoms with van der Waals surface area (Å²) in [5, 5.41) is 10.6. The number of unbranched alkanes of at least 4 members (excludes halogenated alkanes) is 46. The monoisotopic (exact) mass is 1380 g/mol. The molecule has 0 spiro atoms. The van der Waals surface area contributed by atoms with Gasteiger partial charge in [0.25, 0.3) is 0 Å². The van der Waals surface area contributed by atoms with Gasteiger partial charge in [0.05, 0.1) is 26.4 Å². The molecule has 0 radical (unpaired) electrons. The topological polar surface area (TPSA) is 237 Å². The lowest BCUT2D eigenvalue weighted by Gasteiger charge is -2.21. The van der Waals surface area contributed by atoms with Crippen LogP contribution in [0.1, 0.15) is 394 Å². The molecule has 0 aliphatic heterocycles. The van der Waals surface area contributed by atoms with E-state index in [9.17, 15) is 43.2 Å². The van der Waals surface area contributed by atoms with Crippen molar-refractivity contribution in [3.63, 3.8) is 0 Å². The van der Waals surface area contributed by atoms with E-state index in [-0.39, 0.29) is 25.7 Å². The van der Waals surface area contributed by atoms with Crippen molar-refractivity contribution in [1.82, 2.24) is 0 Å². The highest BCUT2D eigenvalue weighted by Gasteiger charge is 2.30. The first-order valence-electron chi connectivity index (χ1n) is 39.2. The number of hydrogen-bond acceptors (Lipinski definition) is 15. The number of rotatable bonds is 75. The van der Waals surface area contributed by atoms with Crippen LogP contribution in [0.2, 0.25) is 0 Å². The van der Waals surface area contributed by atoms with Crippen molar-refractivity contribution < 1.29 is 80.2 Å². The minimum atomic E-state index is -4.95. The number of phosphoric acid groups is 2. The van der Waals surface area contributed by atoms with Gasteiger partial charge in [0.2, 0.25) is 0 Å². The van der Waals surface area contributed by atoms with Crippen molar-refractivity contribution in [2.45, 2.75) is 412 Å². The molecule has 94 heavy (non-hydrogen) atoms. The lowest BCUT2D eigenvalue weighted by Crippen LogP contribution is -2.30. The fraction of sp³-hybridized carbons (Fsp3) is 0.947. The van der Waals surface area contributed by atoms with Gasteiger partial charge in [-0.2, -0.15) is 0 Å². The van der Waals surface area contributed by atoms with E-state index in [1.807, 2.05) is 0 Å². The van der Waals surface area contributed by atoms with E-state index < -0.39 is 97.5 Å². The minimum Gasteiger partial charge on any atom is -0.462 e. The van der Waals surface area contributed by atoms with Gasteiger partial charge >= 0.3 is 39.5 Å². The van der Waals surface area contributed by atoms with Gasteiger partial charge in [-0.05, 0) is 31.6 Å². The van der Waals surface area contributed by atoms with Gasteiger partial charge < -0.3 is 33.8 Å². The standard InChI is InChI=1S/C75H146O17P2/c1-6-10-13-16-19-21-23-24-25-26-27-28-29-34-37-41-46-51-56-61-75(80)92-71(65-86-73(78)59-54-49-44-40-36-33-31-30-32-35-38-43-47-52-57-68(5)9-4)67-90-94(83,84)88-63-69(76)62-87-93(81,82)89-66-70(64-85-72(77)58-53-48-42-18-15-12-8-3)91-74(79)60-55-50-45-39-22-20-17-14-11-7-2/h68-71,76H,6-67H2,1-5H3,(H,81,82)(H,83,84)/t68?,69-,70+,71+/m0/s1. The normalized spacial score (nSPS) is 14.3. The second-order valence-electron chi connectivity index (χ2n) is 27.3. The Hall–Kier alpha value is -1.94. The average molecular weight is 1380 g/mol. The Labute approximate surface area is 575 Å². The molecule has 0 saturated heterocycles. The maximum Gasteiger partial charge on any atom is 0.472 e. The van der Waals surface area contributed by atoms with Crippen LogP contribution in [0.4, 0.5) is 0 Å². The van der Waals surface area contributed by atoms with Gasteiger partial charge in [-0.3, -0.25) is 37.3 Å². The highest BCUT2D eigenvalue weighted by atomic mass is 31.2. The first-order chi connectivity index (χ1) is 45.6. The number of aliphatic hydroxyl groups is 1. The summed E-state index contributed by atoms with van der Waals surface area (Å²) < 4.78 is 68.3. The first-order valence-corrected chi connectivity index (χ1v) is 42.2. The lowest BCUT2D eigenvalue weighted by atomic mass is 9.99. The van der Waals surface area contributed by atoms with Gasteiger partial charge in [-0.1, -0.05) is 343 Å². The second kappa shape index (κ2) is 68.2. The molecule has 0 aliphatic rings. The molecule has 0 bridgehead atoms. The highest BCUT2D eigenvalue weighted by molar-refractivity contribution is 7.47. The number of carbonyl (C=O) groups is 4. The highest BCUT2D eigenvalue weighted by Crippen LogP contribution is 2.45. The van der Waals surface area contributed by atoms with Crippen molar-refractivity contribution in [3.8, 4) is 0 Å². The third-order valence-electron chi connectivity index (χ3n) is 17.9. The third kappa shape index (κ3) is 67.3. The van der Waals surface area contributed by atoms with Crippen LogP contribution >= 0.6 is 15.6 Å². The van der Waals surface area contributed by atoms with Gasteiger partial charge in [-0.25, -0.2) is 9.13 Å². The van der Waals surface area contributed by atoms with E-state index in [0.717, 1.165) is 109 Å². The molecule has 6 atom stereocenters. The van der Waals surface area contributed by atoms with Crippen LogP contribution < -0.4 is 0 Å². The molecule has 19 heteroatoms. The van der Waals surface area contributed by atoms with Crippen LogP contribution in [-0.2, 0) is 65.4 Å². The van der Waals surface area contributed by atoms with Crippen molar-refractivity contribution in [2.75, 3.05) is 39.6 Å². The molecule has 0 aliphatic carbocycles. The molecule has 0 heterocycles. The fourth-order valence-corrected chi connectivity index (χ4v) is 13.1. The molecular weight excluding hydrogens is 1230 g/mol. The number of phosphoric ester groups is 2. The van der Waals surface area contributed by atoms with Crippen molar-refractivity contribution in [3.05, 3.63) is 0 Å². The smallest absolute Gasteiger partial charge is 0.462 e. The van der Waals surface area contributed by atoms with E-state index in [2.05, 4.69) is 34.6 Å². The van der Waals surface area contributed by atoms with E-state index >= 15 is 0 Å². The molecule has 0 rings (SSSR count). The molecule has 0 aromatic carbocycles. The molecule has 558 valence electrons. The summed E-state index contributed by atoms with van der Waals surface area (Å²) in [6.07, 6.45) is 57.0. The summed E-state index contributed by atoms with van der Waals surface area (Å²) >= 11 is 0. The lowest BCUT2D eigenvalue weighted by molar-refractivity contribution is -0.161. The van der Waals surface area contributed by atoms with Crippen molar-refractivity contribution in [1.29, 1.82) is 0 Å². The van der Waals surface area contributed by atoms with E-state index in [1.165, 1.54) is 205 Å². The average Bonchev–Trinajstić information content (AvgIpc) is 3.75. The zero-order valence-corrected chi connectivity index (χ0v) is 62.9. The van der Waals surface area contributed by atoms with E-state index in [1.54, 1.807) is 0 Å². The molecule has 0 aromatic heterocycles. The van der Waals surface area contributed by atoms with Crippen molar-refractivity contribution in [2.24, 2.45) is 5.92 Å². The second-order valence-corrected chi connectivity index (χ2v) is 30.2. The molecule has 3 N–H and O–H groups in total.